The normalized spacial score (nSPS) is 17.8. The quantitative estimate of drug-likeness (QED) is 0.943. The van der Waals surface area contributed by atoms with E-state index in [9.17, 15) is 0 Å². The molecule has 2 aromatic rings. The van der Waals surface area contributed by atoms with Gasteiger partial charge in [-0.05, 0) is 55.6 Å². The Labute approximate surface area is 133 Å². The standard InChI is InChI=1S/C18H26N4/c1-18(2,3)17-12-16(20-21-17)13-22-10-6-15(7-11-22)14-4-8-19-9-5-14/h4-5,8-9,12,15H,6-7,10-11,13H2,1-3H3,(H,20,21). The van der Waals surface area contributed by atoms with Crippen LogP contribution in [0.4, 0.5) is 0 Å². The molecule has 0 spiro atoms. The molecular formula is C18H26N4. The van der Waals surface area contributed by atoms with Crippen molar-refractivity contribution in [3.8, 4) is 0 Å². The van der Waals surface area contributed by atoms with Crippen molar-refractivity contribution in [3.05, 3.63) is 47.5 Å². The summed E-state index contributed by atoms with van der Waals surface area (Å²) in [5.74, 6) is 0.686. The van der Waals surface area contributed by atoms with E-state index in [1.807, 2.05) is 12.4 Å². The molecule has 0 aliphatic carbocycles. The molecule has 2 aromatic heterocycles. The Balaban J connectivity index is 1.55. The molecule has 0 radical (unpaired) electrons. The molecule has 118 valence electrons. The number of hydrogen-bond donors (Lipinski definition) is 1. The fraction of sp³-hybridized carbons (Fsp3) is 0.556. The predicted molar refractivity (Wildman–Crippen MR) is 88.8 cm³/mol. The van der Waals surface area contributed by atoms with E-state index < -0.39 is 0 Å². The van der Waals surface area contributed by atoms with Crippen molar-refractivity contribution in [2.75, 3.05) is 13.1 Å². The Hall–Kier alpha value is -1.68. The Morgan fingerprint density at radius 3 is 2.45 bits per heavy atom. The van der Waals surface area contributed by atoms with E-state index in [1.165, 1.54) is 24.1 Å². The first-order valence-corrected chi connectivity index (χ1v) is 8.19. The number of piperidine rings is 1. The summed E-state index contributed by atoms with van der Waals surface area (Å²) >= 11 is 0. The maximum absolute atomic E-state index is 4.46. The van der Waals surface area contributed by atoms with E-state index in [4.69, 9.17) is 0 Å². The molecule has 0 saturated carbocycles. The third-order valence-corrected chi connectivity index (χ3v) is 4.56. The molecular weight excluding hydrogens is 272 g/mol. The van der Waals surface area contributed by atoms with Crippen LogP contribution in [0.1, 0.15) is 56.5 Å². The number of H-pyrrole nitrogens is 1. The van der Waals surface area contributed by atoms with E-state index in [-0.39, 0.29) is 5.41 Å². The molecule has 4 nitrogen and oxygen atoms in total. The van der Waals surface area contributed by atoms with E-state index in [0.29, 0.717) is 5.92 Å². The molecule has 0 atom stereocenters. The molecule has 22 heavy (non-hydrogen) atoms. The lowest BCUT2D eigenvalue weighted by atomic mass is 9.90. The zero-order valence-corrected chi connectivity index (χ0v) is 13.8. The van der Waals surface area contributed by atoms with Crippen molar-refractivity contribution in [1.29, 1.82) is 0 Å². The molecule has 0 bridgehead atoms. The third-order valence-electron chi connectivity index (χ3n) is 4.56. The number of nitrogens with zero attached hydrogens (tertiary/aromatic N) is 3. The van der Waals surface area contributed by atoms with E-state index in [1.54, 1.807) is 0 Å². The van der Waals surface area contributed by atoms with Crippen molar-refractivity contribution in [3.63, 3.8) is 0 Å². The molecule has 1 aliphatic rings. The smallest absolute Gasteiger partial charge is 0.0678 e. The van der Waals surface area contributed by atoms with Crippen LogP contribution in [0.15, 0.2) is 30.6 Å². The average molecular weight is 298 g/mol. The number of aromatic amines is 1. The number of nitrogens with one attached hydrogen (secondary N) is 1. The highest BCUT2D eigenvalue weighted by molar-refractivity contribution is 5.18. The number of aromatic nitrogens is 3. The first-order chi connectivity index (χ1) is 10.5. The van der Waals surface area contributed by atoms with Crippen molar-refractivity contribution in [1.82, 2.24) is 20.1 Å². The summed E-state index contributed by atoms with van der Waals surface area (Å²) in [6.45, 7) is 9.88. The van der Waals surface area contributed by atoms with Crippen LogP contribution in [-0.2, 0) is 12.0 Å². The van der Waals surface area contributed by atoms with Crippen LogP contribution in [0.5, 0.6) is 0 Å². The van der Waals surface area contributed by atoms with Gasteiger partial charge < -0.3 is 0 Å². The molecule has 1 saturated heterocycles. The Morgan fingerprint density at radius 1 is 1.18 bits per heavy atom. The summed E-state index contributed by atoms with van der Waals surface area (Å²) in [4.78, 5) is 6.64. The van der Waals surface area contributed by atoms with Gasteiger partial charge in [0.2, 0.25) is 0 Å². The van der Waals surface area contributed by atoms with Crippen molar-refractivity contribution in [2.24, 2.45) is 0 Å². The average Bonchev–Trinajstić information content (AvgIpc) is 2.98. The molecule has 1 aliphatic heterocycles. The summed E-state index contributed by atoms with van der Waals surface area (Å²) in [6, 6.07) is 6.53. The molecule has 3 rings (SSSR count). The van der Waals surface area contributed by atoms with Gasteiger partial charge in [0.1, 0.15) is 0 Å². The van der Waals surface area contributed by atoms with Crippen molar-refractivity contribution < 1.29 is 0 Å². The minimum absolute atomic E-state index is 0.114. The van der Waals surface area contributed by atoms with Gasteiger partial charge in [-0.2, -0.15) is 5.10 Å². The largest absolute Gasteiger partial charge is 0.297 e. The number of rotatable bonds is 3. The zero-order valence-electron chi connectivity index (χ0n) is 13.8. The second-order valence-corrected chi connectivity index (χ2v) is 7.36. The highest BCUT2D eigenvalue weighted by atomic mass is 15.2. The van der Waals surface area contributed by atoms with E-state index in [2.05, 4.69) is 59.1 Å². The lowest BCUT2D eigenvalue weighted by molar-refractivity contribution is 0.202. The lowest BCUT2D eigenvalue weighted by Gasteiger charge is -2.31. The van der Waals surface area contributed by atoms with Gasteiger partial charge in [0.25, 0.3) is 0 Å². The first-order valence-electron chi connectivity index (χ1n) is 8.19. The third kappa shape index (κ3) is 3.55. The lowest BCUT2D eigenvalue weighted by Crippen LogP contribution is -2.32. The van der Waals surface area contributed by atoms with E-state index in [0.717, 1.165) is 25.3 Å². The van der Waals surface area contributed by atoms with Crippen LogP contribution < -0.4 is 0 Å². The van der Waals surface area contributed by atoms with Crippen LogP contribution in [0.3, 0.4) is 0 Å². The first kappa shape index (κ1) is 15.2. The van der Waals surface area contributed by atoms with Gasteiger partial charge in [-0.1, -0.05) is 20.8 Å². The van der Waals surface area contributed by atoms with Gasteiger partial charge in [-0.15, -0.1) is 0 Å². The van der Waals surface area contributed by atoms with Crippen LogP contribution >= 0.6 is 0 Å². The van der Waals surface area contributed by atoms with Crippen LogP contribution in [-0.4, -0.2) is 33.2 Å². The van der Waals surface area contributed by atoms with Gasteiger partial charge in [0.15, 0.2) is 0 Å². The van der Waals surface area contributed by atoms with Gasteiger partial charge in [0.05, 0.1) is 5.69 Å². The number of likely N-dealkylation sites (tertiary alicyclic amines) is 1. The molecule has 3 heterocycles. The predicted octanol–water partition coefficient (Wildman–Crippen LogP) is 3.48. The van der Waals surface area contributed by atoms with Gasteiger partial charge >= 0.3 is 0 Å². The zero-order chi connectivity index (χ0) is 15.6. The van der Waals surface area contributed by atoms with Gasteiger partial charge in [-0.3, -0.25) is 15.0 Å². The molecule has 0 unspecified atom stereocenters. The van der Waals surface area contributed by atoms with Gasteiger partial charge in [-0.25, -0.2) is 0 Å². The Morgan fingerprint density at radius 2 is 1.86 bits per heavy atom. The minimum Gasteiger partial charge on any atom is -0.297 e. The second-order valence-electron chi connectivity index (χ2n) is 7.36. The highest BCUT2D eigenvalue weighted by Gasteiger charge is 2.22. The Bertz CT molecular complexity index is 589. The topological polar surface area (TPSA) is 44.8 Å². The molecule has 4 heteroatoms. The fourth-order valence-corrected chi connectivity index (χ4v) is 3.13. The van der Waals surface area contributed by atoms with Crippen LogP contribution in [0.25, 0.3) is 0 Å². The van der Waals surface area contributed by atoms with Crippen LogP contribution in [0, 0.1) is 0 Å². The van der Waals surface area contributed by atoms with E-state index >= 15 is 0 Å². The summed E-state index contributed by atoms with van der Waals surface area (Å²) < 4.78 is 0. The highest BCUT2D eigenvalue weighted by Crippen LogP contribution is 2.28. The monoisotopic (exact) mass is 298 g/mol. The Kier molecular flexibility index (Phi) is 4.30. The molecule has 1 fully saturated rings. The van der Waals surface area contributed by atoms with Crippen LogP contribution in [0.2, 0.25) is 0 Å². The SMILES string of the molecule is CC(C)(C)c1cc(CN2CCC(c3ccncc3)CC2)[nH]n1. The number of pyridine rings is 1. The van der Waals surface area contributed by atoms with Gasteiger partial charge in [0, 0.05) is 30.0 Å². The summed E-state index contributed by atoms with van der Waals surface area (Å²) in [5.41, 5.74) is 3.93. The summed E-state index contributed by atoms with van der Waals surface area (Å²) in [6.07, 6.45) is 6.26. The fourth-order valence-electron chi connectivity index (χ4n) is 3.13. The maximum atomic E-state index is 4.46. The minimum atomic E-state index is 0.114. The molecule has 1 N–H and O–H groups in total. The van der Waals surface area contributed by atoms with Crippen molar-refractivity contribution >= 4 is 0 Å². The number of hydrogen-bond acceptors (Lipinski definition) is 3. The second kappa shape index (κ2) is 6.21. The summed E-state index contributed by atoms with van der Waals surface area (Å²) in [5, 5.41) is 7.66. The molecule has 0 aromatic carbocycles. The van der Waals surface area contributed by atoms with Crippen molar-refractivity contribution in [2.45, 2.75) is 51.5 Å². The maximum Gasteiger partial charge on any atom is 0.0678 e. The summed E-state index contributed by atoms with van der Waals surface area (Å²) in [7, 11) is 0. The molecule has 0 amide bonds.